The van der Waals surface area contributed by atoms with Gasteiger partial charge >= 0.3 is 5.97 Å². The molecular weight excluding hydrogens is 250 g/mol. The number of anilines is 1. The molecule has 0 fully saturated rings. The summed E-state index contributed by atoms with van der Waals surface area (Å²) in [7, 11) is 2.03. The van der Waals surface area contributed by atoms with Crippen molar-refractivity contribution in [1.82, 2.24) is 0 Å². The number of nitrogens with zero attached hydrogens (tertiary/aromatic N) is 1. The van der Waals surface area contributed by atoms with Gasteiger partial charge in [-0.05, 0) is 43.9 Å². The van der Waals surface area contributed by atoms with Crippen molar-refractivity contribution in [2.45, 2.75) is 38.6 Å². The Labute approximate surface area is 112 Å². The van der Waals surface area contributed by atoms with Crippen LogP contribution in [0, 0.1) is 0 Å². The Kier molecular flexibility index (Phi) is 3.06. The highest BCUT2D eigenvalue weighted by molar-refractivity contribution is 6.33. The fourth-order valence-corrected chi connectivity index (χ4v) is 2.99. The number of halogens is 1. The summed E-state index contributed by atoms with van der Waals surface area (Å²) < 4.78 is 0. The van der Waals surface area contributed by atoms with E-state index in [-0.39, 0.29) is 11.1 Å². The van der Waals surface area contributed by atoms with Crippen molar-refractivity contribution in [3.8, 4) is 0 Å². The van der Waals surface area contributed by atoms with Gasteiger partial charge in [0.1, 0.15) is 0 Å². The smallest absolute Gasteiger partial charge is 0.337 e. The monoisotopic (exact) mass is 267 g/mol. The number of carboxylic acid groups (broad SMARTS) is 1. The van der Waals surface area contributed by atoms with Crippen LogP contribution in [0.3, 0.4) is 0 Å². The zero-order valence-corrected chi connectivity index (χ0v) is 11.9. The average molecular weight is 268 g/mol. The van der Waals surface area contributed by atoms with Gasteiger partial charge in [0.2, 0.25) is 0 Å². The molecule has 1 N–H and O–H groups in total. The van der Waals surface area contributed by atoms with Crippen LogP contribution in [0.2, 0.25) is 5.02 Å². The second-order valence-electron chi connectivity index (χ2n) is 5.67. The van der Waals surface area contributed by atoms with E-state index in [1.807, 2.05) is 7.05 Å². The number of fused-ring (bicyclic) bond motifs is 1. The molecular formula is C14H18ClNO2. The fraction of sp³-hybridized carbons (Fsp3) is 0.500. The van der Waals surface area contributed by atoms with Gasteiger partial charge in [-0.2, -0.15) is 0 Å². The molecule has 18 heavy (non-hydrogen) atoms. The van der Waals surface area contributed by atoms with Gasteiger partial charge in [0.15, 0.2) is 0 Å². The highest BCUT2D eigenvalue weighted by atomic mass is 35.5. The molecule has 0 aromatic heterocycles. The molecule has 0 spiro atoms. The van der Waals surface area contributed by atoms with Gasteiger partial charge in [-0.15, -0.1) is 0 Å². The average Bonchev–Trinajstić information content (AvgIpc) is 2.24. The van der Waals surface area contributed by atoms with Gasteiger partial charge in [0, 0.05) is 18.3 Å². The molecule has 0 aliphatic carbocycles. The predicted molar refractivity (Wildman–Crippen MR) is 73.9 cm³/mol. The number of rotatable bonds is 1. The third-order valence-corrected chi connectivity index (χ3v) is 4.27. The van der Waals surface area contributed by atoms with E-state index in [4.69, 9.17) is 16.7 Å². The molecule has 0 saturated carbocycles. The van der Waals surface area contributed by atoms with Gasteiger partial charge in [-0.1, -0.05) is 18.5 Å². The summed E-state index contributed by atoms with van der Waals surface area (Å²) in [6.45, 7) is 6.50. The number of benzene rings is 1. The second-order valence-corrected chi connectivity index (χ2v) is 6.08. The zero-order chi connectivity index (χ0) is 13.7. The van der Waals surface area contributed by atoms with E-state index in [1.54, 1.807) is 12.1 Å². The van der Waals surface area contributed by atoms with Gasteiger partial charge in [-0.25, -0.2) is 4.79 Å². The van der Waals surface area contributed by atoms with Crippen LogP contribution < -0.4 is 4.90 Å². The van der Waals surface area contributed by atoms with E-state index in [2.05, 4.69) is 25.7 Å². The summed E-state index contributed by atoms with van der Waals surface area (Å²) in [5.74, 6) is -0.635. The van der Waals surface area contributed by atoms with Gasteiger partial charge in [0.25, 0.3) is 0 Å². The lowest BCUT2D eigenvalue weighted by Crippen LogP contribution is -2.45. The van der Waals surface area contributed by atoms with E-state index in [0.29, 0.717) is 10.9 Å². The number of aromatic carboxylic acids is 1. The number of carbonyl (C=O) groups is 1. The minimum atomic E-state index is -0.970. The number of carboxylic acids is 1. The fourth-order valence-electron chi connectivity index (χ4n) is 2.75. The van der Waals surface area contributed by atoms with Gasteiger partial charge in [-0.3, -0.25) is 0 Å². The molecule has 3 nitrogen and oxygen atoms in total. The van der Waals surface area contributed by atoms with Gasteiger partial charge < -0.3 is 10.0 Å². The summed E-state index contributed by atoms with van der Waals surface area (Å²) in [6, 6.07) is 3.49. The van der Waals surface area contributed by atoms with E-state index < -0.39 is 5.97 Å². The predicted octanol–water partition coefficient (Wildman–Crippen LogP) is 3.76. The Balaban J connectivity index is 2.62. The Morgan fingerprint density at radius 2 is 2.11 bits per heavy atom. The minimum absolute atomic E-state index is 0.0560. The topological polar surface area (TPSA) is 40.5 Å². The van der Waals surface area contributed by atoms with Crippen LogP contribution >= 0.6 is 11.6 Å². The molecule has 0 saturated heterocycles. The van der Waals surface area contributed by atoms with Crippen LogP contribution in [0.1, 0.15) is 49.0 Å². The maximum atomic E-state index is 11.1. The third kappa shape index (κ3) is 1.97. The SMILES string of the molecule is CC1CC(C)(C)N(C)c2cc(Cl)c(C(=O)O)cc21. The lowest BCUT2D eigenvalue weighted by Gasteiger charge is -2.45. The van der Waals surface area contributed by atoms with Crippen molar-refractivity contribution in [3.63, 3.8) is 0 Å². The van der Waals surface area contributed by atoms with Crippen molar-refractivity contribution in [2.75, 3.05) is 11.9 Å². The first-order valence-electron chi connectivity index (χ1n) is 6.04. The largest absolute Gasteiger partial charge is 0.478 e. The van der Waals surface area contributed by atoms with Crippen LogP contribution in [0.25, 0.3) is 0 Å². The highest BCUT2D eigenvalue weighted by Gasteiger charge is 2.35. The molecule has 1 unspecified atom stereocenters. The second kappa shape index (κ2) is 4.16. The Hall–Kier alpha value is -1.22. The lowest BCUT2D eigenvalue weighted by atomic mass is 9.80. The van der Waals surface area contributed by atoms with Crippen molar-refractivity contribution in [1.29, 1.82) is 0 Å². The van der Waals surface area contributed by atoms with E-state index >= 15 is 0 Å². The molecule has 1 heterocycles. The molecule has 1 aliphatic rings. The van der Waals surface area contributed by atoms with Crippen LogP contribution in [-0.4, -0.2) is 23.7 Å². The van der Waals surface area contributed by atoms with Crippen LogP contribution in [0.5, 0.6) is 0 Å². The van der Waals surface area contributed by atoms with Crippen LogP contribution in [0.4, 0.5) is 5.69 Å². The third-order valence-electron chi connectivity index (χ3n) is 3.95. The minimum Gasteiger partial charge on any atom is -0.478 e. The molecule has 0 bridgehead atoms. The summed E-state index contributed by atoms with van der Waals surface area (Å²) in [4.78, 5) is 13.3. The van der Waals surface area contributed by atoms with Crippen molar-refractivity contribution >= 4 is 23.3 Å². The first-order chi connectivity index (χ1) is 8.24. The molecule has 4 heteroatoms. The Bertz CT molecular complexity index is 511. The molecule has 0 radical (unpaired) electrons. The van der Waals surface area contributed by atoms with Crippen molar-refractivity contribution < 1.29 is 9.90 Å². The van der Waals surface area contributed by atoms with Crippen LogP contribution in [0.15, 0.2) is 12.1 Å². The summed E-state index contributed by atoms with van der Waals surface area (Å²) in [6.07, 6.45) is 0.997. The first-order valence-corrected chi connectivity index (χ1v) is 6.42. The summed E-state index contributed by atoms with van der Waals surface area (Å²) in [5, 5.41) is 9.43. The highest BCUT2D eigenvalue weighted by Crippen LogP contribution is 2.44. The Morgan fingerprint density at radius 3 is 2.67 bits per heavy atom. The molecule has 1 aromatic rings. The zero-order valence-electron chi connectivity index (χ0n) is 11.1. The number of hydrogen-bond donors (Lipinski definition) is 1. The van der Waals surface area contributed by atoms with Crippen molar-refractivity contribution in [3.05, 3.63) is 28.3 Å². The molecule has 1 aliphatic heterocycles. The first kappa shape index (κ1) is 13.2. The summed E-state index contributed by atoms with van der Waals surface area (Å²) in [5.41, 5.74) is 2.35. The molecule has 98 valence electrons. The van der Waals surface area contributed by atoms with E-state index in [0.717, 1.165) is 17.7 Å². The maximum absolute atomic E-state index is 11.1. The van der Waals surface area contributed by atoms with E-state index in [1.165, 1.54) is 0 Å². The van der Waals surface area contributed by atoms with Crippen LogP contribution in [-0.2, 0) is 0 Å². The number of hydrogen-bond acceptors (Lipinski definition) is 2. The molecule has 0 amide bonds. The summed E-state index contributed by atoms with van der Waals surface area (Å²) >= 11 is 6.05. The quantitative estimate of drug-likeness (QED) is 0.842. The van der Waals surface area contributed by atoms with E-state index in [9.17, 15) is 4.79 Å². The maximum Gasteiger partial charge on any atom is 0.337 e. The molecule has 1 atom stereocenters. The standard InChI is InChI=1S/C14H18ClNO2/c1-8-7-14(2,3)16(4)12-6-11(15)10(13(17)18)5-9(8)12/h5-6,8H,7H2,1-4H3,(H,17,18). The Morgan fingerprint density at radius 1 is 1.50 bits per heavy atom. The van der Waals surface area contributed by atoms with Crippen molar-refractivity contribution in [2.24, 2.45) is 0 Å². The lowest BCUT2D eigenvalue weighted by molar-refractivity contribution is 0.0697. The normalized spacial score (nSPS) is 21.6. The molecule has 1 aromatic carbocycles. The molecule has 2 rings (SSSR count). The van der Waals surface area contributed by atoms with Gasteiger partial charge in [0.05, 0.1) is 10.6 Å².